The van der Waals surface area contributed by atoms with Crippen LogP contribution in [-0.2, 0) is 9.53 Å². The van der Waals surface area contributed by atoms with Crippen LogP contribution in [0.3, 0.4) is 0 Å². The summed E-state index contributed by atoms with van der Waals surface area (Å²) in [5, 5.41) is 0. The van der Waals surface area contributed by atoms with Crippen molar-refractivity contribution in [1.29, 1.82) is 0 Å². The number of anilines is 1. The Balaban J connectivity index is 2.84. The Morgan fingerprint density at radius 3 is 2.63 bits per heavy atom. The molecule has 2 N–H and O–H groups in total. The van der Waals surface area contributed by atoms with Crippen LogP contribution in [0.25, 0.3) is 0 Å². The topological polar surface area (TPSA) is 64.8 Å². The number of hydrogen-bond donors (Lipinski definition) is 1. The second-order valence-corrected chi connectivity index (χ2v) is 4.67. The van der Waals surface area contributed by atoms with Crippen molar-refractivity contribution in [3.63, 3.8) is 0 Å². The van der Waals surface area contributed by atoms with Crippen LogP contribution in [0.2, 0.25) is 0 Å². The molecule has 0 aromatic heterocycles. The summed E-state index contributed by atoms with van der Waals surface area (Å²) in [6, 6.07) is 7.58. The van der Waals surface area contributed by atoms with Crippen LogP contribution in [0.4, 0.5) is 5.69 Å². The maximum Gasteiger partial charge on any atom is 0.327 e. The number of nitrogens with two attached hydrogens (primary N) is 1. The maximum atomic E-state index is 11.8. The number of carbonyl (C=O) groups is 1. The monoisotopic (exact) mass is 266 g/mol. The lowest BCUT2D eigenvalue weighted by Crippen LogP contribution is -2.54. The summed E-state index contributed by atoms with van der Waals surface area (Å²) in [7, 11) is 3.47. The van der Waals surface area contributed by atoms with E-state index in [0.29, 0.717) is 13.2 Å². The standard InChI is InChI=1S/C14H22N2O3/c1-5-19-13(17)14(2,15)10-16(3)11-8-6-7-9-12(11)18-4/h6-9H,5,10,15H2,1-4H3. The molecule has 0 aliphatic rings. The van der Waals surface area contributed by atoms with Gasteiger partial charge in [-0.25, -0.2) is 4.79 Å². The summed E-state index contributed by atoms with van der Waals surface area (Å²) in [5.41, 5.74) is 5.84. The maximum absolute atomic E-state index is 11.8. The number of ether oxygens (including phenoxy) is 2. The number of hydrogen-bond acceptors (Lipinski definition) is 5. The Hall–Kier alpha value is -1.75. The number of benzene rings is 1. The SMILES string of the molecule is CCOC(=O)C(C)(N)CN(C)c1ccccc1OC. The molecule has 1 aromatic carbocycles. The van der Waals surface area contributed by atoms with Crippen molar-refractivity contribution in [2.24, 2.45) is 5.73 Å². The van der Waals surface area contributed by atoms with Gasteiger partial charge >= 0.3 is 5.97 Å². The van der Waals surface area contributed by atoms with Crippen molar-refractivity contribution in [2.75, 3.05) is 32.2 Å². The van der Waals surface area contributed by atoms with Gasteiger partial charge in [-0.05, 0) is 26.0 Å². The number of nitrogens with zero attached hydrogens (tertiary/aromatic N) is 1. The van der Waals surface area contributed by atoms with Gasteiger partial charge in [0, 0.05) is 13.6 Å². The van der Waals surface area contributed by atoms with E-state index in [1.54, 1.807) is 21.0 Å². The molecule has 5 nitrogen and oxygen atoms in total. The van der Waals surface area contributed by atoms with E-state index >= 15 is 0 Å². The first-order valence-electron chi connectivity index (χ1n) is 6.22. The van der Waals surface area contributed by atoms with Gasteiger partial charge in [0.1, 0.15) is 11.3 Å². The van der Waals surface area contributed by atoms with Crippen molar-refractivity contribution in [1.82, 2.24) is 0 Å². The van der Waals surface area contributed by atoms with Gasteiger partial charge in [-0.15, -0.1) is 0 Å². The summed E-state index contributed by atoms with van der Waals surface area (Å²) >= 11 is 0. The first kappa shape index (κ1) is 15.3. The van der Waals surface area contributed by atoms with Crippen LogP contribution in [0.15, 0.2) is 24.3 Å². The molecule has 0 heterocycles. The zero-order valence-electron chi connectivity index (χ0n) is 12.0. The van der Waals surface area contributed by atoms with Crippen LogP contribution in [-0.4, -0.2) is 38.8 Å². The minimum Gasteiger partial charge on any atom is -0.495 e. The highest BCUT2D eigenvalue weighted by Crippen LogP contribution is 2.27. The van der Waals surface area contributed by atoms with Gasteiger partial charge in [-0.3, -0.25) is 0 Å². The minimum absolute atomic E-state index is 0.323. The van der Waals surface area contributed by atoms with Gasteiger partial charge in [0.2, 0.25) is 0 Å². The Morgan fingerprint density at radius 1 is 1.42 bits per heavy atom. The number of esters is 1. The van der Waals surface area contributed by atoms with E-state index in [9.17, 15) is 4.79 Å². The lowest BCUT2D eigenvalue weighted by Gasteiger charge is -2.30. The van der Waals surface area contributed by atoms with Crippen molar-refractivity contribution in [3.8, 4) is 5.75 Å². The molecule has 1 atom stereocenters. The Bertz CT molecular complexity index is 432. The zero-order valence-corrected chi connectivity index (χ0v) is 12.0. The highest BCUT2D eigenvalue weighted by Gasteiger charge is 2.32. The van der Waals surface area contributed by atoms with E-state index in [1.807, 2.05) is 36.2 Å². The first-order valence-corrected chi connectivity index (χ1v) is 6.22. The fraction of sp³-hybridized carbons (Fsp3) is 0.500. The lowest BCUT2D eigenvalue weighted by molar-refractivity contribution is -0.148. The van der Waals surface area contributed by atoms with Gasteiger partial charge < -0.3 is 20.1 Å². The predicted octanol–water partition coefficient (Wildman–Crippen LogP) is 1.41. The van der Waals surface area contributed by atoms with Crippen molar-refractivity contribution in [3.05, 3.63) is 24.3 Å². The molecule has 1 aromatic rings. The normalized spacial score (nSPS) is 13.5. The summed E-state index contributed by atoms with van der Waals surface area (Å²) in [6.07, 6.45) is 0. The number of methoxy groups -OCH3 is 1. The fourth-order valence-electron chi connectivity index (χ4n) is 1.88. The molecule has 0 amide bonds. The van der Waals surface area contributed by atoms with Crippen molar-refractivity contribution in [2.45, 2.75) is 19.4 Å². The molecular weight excluding hydrogens is 244 g/mol. The van der Waals surface area contributed by atoms with E-state index < -0.39 is 11.5 Å². The molecule has 0 saturated carbocycles. The molecular formula is C14H22N2O3. The van der Waals surface area contributed by atoms with Crippen LogP contribution in [0, 0.1) is 0 Å². The molecule has 106 valence electrons. The van der Waals surface area contributed by atoms with Gasteiger partial charge in [-0.2, -0.15) is 0 Å². The van der Waals surface area contributed by atoms with Crippen LogP contribution >= 0.6 is 0 Å². The largest absolute Gasteiger partial charge is 0.495 e. The molecule has 0 aliphatic heterocycles. The third kappa shape index (κ3) is 3.86. The minimum atomic E-state index is -1.06. The molecule has 1 rings (SSSR count). The van der Waals surface area contributed by atoms with Crippen molar-refractivity contribution < 1.29 is 14.3 Å². The molecule has 0 spiro atoms. The summed E-state index contributed by atoms with van der Waals surface area (Å²) < 4.78 is 10.3. The second kappa shape index (κ2) is 6.43. The summed E-state index contributed by atoms with van der Waals surface area (Å²) in [5.74, 6) is 0.335. The van der Waals surface area contributed by atoms with E-state index in [4.69, 9.17) is 15.2 Å². The molecule has 0 bridgehead atoms. The van der Waals surface area contributed by atoms with E-state index in [0.717, 1.165) is 11.4 Å². The number of likely N-dealkylation sites (N-methyl/N-ethyl adjacent to an activating group) is 1. The molecule has 19 heavy (non-hydrogen) atoms. The number of carbonyl (C=O) groups excluding carboxylic acids is 1. The van der Waals surface area contributed by atoms with E-state index in [2.05, 4.69) is 0 Å². The van der Waals surface area contributed by atoms with E-state index in [1.165, 1.54) is 0 Å². The van der Waals surface area contributed by atoms with Crippen LogP contribution < -0.4 is 15.4 Å². The van der Waals surface area contributed by atoms with Gasteiger partial charge in [-0.1, -0.05) is 12.1 Å². The van der Waals surface area contributed by atoms with Crippen LogP contribution in [0.1, 0.15) is 13.8 Å². The van der Waals surface area contributed by atoms with Gasteiger partial charge in [0.15, 0.2) is 0 Å². The Morgan fingerprint density at radius 2 is 2.05 bits per heavy atom. The average Bonchev–Trinajstić information content (AvgIpc) is 2.38. The van der Waals surface area contributed by atoms with E-state index in [-0.39, 0.29) is 0 Å². The molecule has 5 heteroatoms. The highest BCUT2D eigenvalue weighted by molar-refractivity contribution is 5.81. The molecule has 0 aliphatic carbocycles. The smallest absolute Gasteiger partial charge is 0.327 e. The summed E-state index contributed by atoms with van der Waals surface area (Å²) in [6.45, 7) is 4.09. The molecule has 0 saturated heterocycles. The first-order chi connectivity index (χ1) is 8.92. The fourth-order valence-corrected chi connectivity index (χ4v) is 1.88. The van der Waals surface area contributed by atoms with Crippen molar-refractivity contribution >= 4 is 11.7 Å². The average molecular weight is 266 g/mol. The number of rotatable bonds is 6. The van der Waals surface area contributed by atoms with Gasteiger partial charge in [0.25, 0.3) is 0 Å². The molecule has 0 radical (unpaired) electrons. The Kier molecular flexibility index (Phi) is 5.18. The van der Waals surface area contributed by atoms with Crippen LogP contribution in [0.5, 0.6) is 5.75 Å². The third-order valence-corrected chi connectivity index (χ3v) is 2.80. The quantitative estimate of drug-likeness (QED) is 0.789. The number of para-hydroxylation sites is 2. The van der Waals surface area contributed by atoms with Gasteiger partial charge in [0.05, 0.1) is 19.4 Å². The third-order valence-electron chi connectivity index (χ3n) is 2.80. The lowest BCUT2D eigenvalue weighted by atomic mass is 10.0. The predicted molar refractivity (Wildman–Crippen MR) is 75.5 cm³/mol. The second-order valence-electron chi connectivity index (χ2n) is 4.67. The zero-order chi connectivity index (χ0) is 14.5. The highest BCUT2D eigenvalue weighted by atomic mass is 16.5. The summed E-state index contributed by atoms with van der Waals surface area (Å²) in [4.78, 5) is 13.7. The molecule has 1 unspecified atom stereocenters. The Labute approximate surface area is 114 Å². The molecule has 0 fully saturated rings.